The first-order valence-electron chi connectivity index (χ1n) is 9.81. The summed E-state index contributed by atoms with van der Waals surface area (Å²) in [6.07, 6.45) is -1.08. The number of ether oxygens (including phenoxy) is 2. The van der Waals surface area contributed by atoms with Gasteiger partial charge in [0.15, 0.2) is 0 Å². The largest absolute Gasteiger partial charge is 0.495 e. The number of carbonyl (C=O) groups excluding carboxylic acids is 2. The first-order chi connectivity index (χ1) is 15.3. The molecule has 3 aromatic rings. The fourth-order valence-corrected chi connectivity index (χ4v) is 4.28. The van der Waals surface area contributed by atoms with Crippen molar-refractivity contribution in [3.05, 3.63) is 53.2 Å². The van der Waals surface area contributed by atoms with E-state index in [9.17, 15) is 18.0 Å². The molecule has 0 saturated heterocycles. The number of fused-ring (bicyclic) bond motifs is 1. The number of rotatable bonds is 5. The highest BCUT2D eigenvalue weighted by molar-refractivity contribution is 7.90. The molecule has 0 atom stereocenters. The number of nitrogens with zero attached hydrogens (tertiary/aromatic N) is 1. The lowest BCUT2D eigenvalue weighted by Gasteiger charge is -2.19. The Labute approximate surface area is 196 Å². The minimum Gasteiger partial charge on any atom is -0.495 e. The standard InChI is InChI=1S/C22H24ClN3O6S/c1-22(2,3)32-21(28)25-33(29,30)14-8-6-13(7-9-14)24-20(27)17-12-15-16(26(17)4)10-11-18(31-5)19(15)23/h6-12H,1-5H3,(H,24,27)(H,25,28). The number of aryl methyl sites for hydroxylation is 1. The van der Waals surface area contributed by atoms with Crippen LogP contribution in [0.4, 0.5) is 10.5 Å². The molecule has 0 saturated carbocycles. The van der Waals surface area contributed by atoms with E-state index >= 15 is 0 Å². The van der Waals surface area contributed by atoms with Crippen molar-refractivity contribution in [1.29, 1.82) is 0 Å². The number of sulfonamides is 1. The topological polar surface area (TPSA) is 116 Å². The van der Waals surface area contributed by atoms with Crippen molar-refractivity contribution < 1.29 is 27.5 Å². The molecule has 11 heteroatoms. The summed E-state index contributed by atoms with van der Waals surface area (Å²) in [5, 5.41) is 3.78. The zero-order chi connectivity index (χ0) is 24.6. The smallest absolute Gasteiger partial charge is 0.421 e. The molecular weight excluding hydrogens is 470 g/mol. The second kappa shape index (κ2) is 8.95. The summed E-state index contributed by atoms with van der Waals surface area (Å²) >= 11 is 6.36. The number of benzene rings is 2. The molecule has 176 valence electrons. The van der Waals surface area contributed by atoms with Gasteiger partial charge in [0, 0.05) is 18.1 Å². The van der Waals surface area contributed by atoms with Crippen molar-refractivity contribution >= 4 is 50.2 Å². The number of amides is 2. The van der Waals surface area contributed by atoms with Gasteiger partial charge in [-0.25, -0.2) is 17.9 Å². The SMILES string of the molecule is COc1ccc2c(cc(C(=O)Nc3ccc(S(=O)(=O)NC(=O)OC(C)(C)C)cc3)n2C)c1Cl. The van der Waals surface area contributed by atoms with Gasteiger partial charge in [-0.05, 0) is 63.2 Å². The van der Waals surface area contributed by atoms with Crippen molar-refractivity contribution in [2.45, 2.75) is 31.3 Å². The highest BCUT2D eigenvalue weighted by atomic mass is 35.5. The van der Waals surface area contributed by atoms with Gasteiger partial charge in [-0.3, -0.25) is 4.79 Å². The molecule has 2 aromatic carbocycles. The van der Waals surface area contributed by atoms with Crippen LogP contribution in [0.1, 0.15) is 31.3 Å². The van der Waals surface area contributed by atoms with E-state index in [1.54, 1.807) is 50.6 Å². The van der Waals surface area contributed by atoms with Crippen LogP contribution in [0.2, 0.25) is 5.02 Å². The summed E-state index contributed by atoms with van der Waals surface area (Å²) in [7, 11) is -0.888. The summed E-state index contributed by atoms with van der Waals surface area (Å²) < 4.78 is 38.5. The van der Waals surface area contributed by atoms with Crippen LogP contribution in [0.3, 0.4) is 0 Å². The molecule has 1 heterocycles. The van der Waals surface area contributed by atoms with Crippen LogP contribution in [0, 0.1) is 0 Å². The van der Waals surface area contributed by atoms with Crippen LogP contribution in [0.5, 0.6) is 5.75 Å². The molecule has 3 rings (SSSR count). The molecule has 0 radical (unpaired) electrons. The quantitative estimate of drug-likeness (QED) is 0.547. The molecule has 2 amide bonds. The molecule has 0 bridgehead atoms. The first-order valence-corrected chi connectivity index (χ1v) is 11.7. The molecule has 0 spiro atoms. The maximum atomic E-state index is 12.8. The van der Waals surface area contributed by atoms with Crippen LogP contribution in [0.25, 0.3) is 10.9 Å². The molecule has 0 unspecified atom stereocenters. The van der Waals surface area contributed by atoms with Gasteiger partial charge in [0.05, 0.1) is 22.5 Å². The minimum absolute atomic E-state index is 0.158. The molecule has 9 nitrogen and oxygen atoms in total. The Hall–Kier alpha value is -3.24. The average Bonchev–Trinajstić information content (AvgIpc) is 3.04. The number of nitrogens with one attached hydrogen (secondary N) is 2. The summed E-state index contributed by atoms with van der Waals surface area (Å²) in [5.74, 6) is 0.0877. The highest BCUT2D eigenvalue weighted by Gasteiger charge is 2.23. The van der Waals surface area contributed by atoms with Gasteiger partial charge in [0.2, 0.25) is 0 Å². The summed E-state index contributed by atoms with van der Waals surface area (Å²) in [5.41, 5.74) is 0.624. The fraction of sp³-hybridized carbons (Fsp3) is 0.273. The Kier molecular flexibility index (Phi) is 6.62. The Bertz CT molecular complexity index is 1320. The fourth-order valence-electron chi connectivity index (χ4n) is 3.11. The second-order valence-corrected chi connectivity index (χ2v) is 10.2. The lowest BCUT2D eigenvalue weighted by Crippen LogP contribution is -2.36. The van der Waals surface area contributed by atoms with E-state index in [1.807, 2.05) is 4.72 Å². The number of halogens is 1. The molecule has 0 aliphatic rings. The molecule has 33 heavy (non-hydrogen) atoms. The first kappa shape index (κ1) is 24.4. The summed E-state index contributed by atoms with van der Waals surface area (Å²) in [6, 6.07) is 10.5. The van der Waals surface area contributed by atoms with Gasteiger partial charge >= 0.3 is 6.09 Å². The molecule has 1 aromatic heterocycles. The van der Waals surface area contributed by atoms with E-state index in [4.69, 9.17) is 21.1 Å². The third-order valence-corrected chi connectivity index (χ3v) is 6.33. The molecule has 2 N–H and O–H groups in total. The van der Waals surface area contributed by atoms with E-state index in [-0.39, 0.29) is 4.90 Å². The van der Waals surface area contributed by atoms with Gasteiger partial charge in [-0.2, -0.15) is 0 Å². The van der Waals surface area contributed by atoms with Crippen molar-refractivity contribution in [3.8, 4) is 5.75 Å². The third kappa shape index (κ3) is 5.40. The Morgan fingerprint density at radius 1 is 1.06 bits per heavy atom. The zero-order valence-corrected chi connectivity index (χ0v) is 20.3. The summed E-state index contributed by atoms with van der Waals surface area (Å²) in [4.78, 5) is 24.5. The van der Waals surface area contributed by atoms with Gasteiger partial charge < -0.3 is 19.4 Å². The van der Waals surface area contributed by atoms with Crippen molar-refractivity contribution in [2.75, 3.05) is 12.4 Å². The van der Waals surface area contributed by atoms with E-state index in [2.05, 4.69) is 5.32 Å². The maximum absolute atomic E-state index is 12.8. The zero-order valence-electron chi connectivity index (χ0n) is 18.7. The van der Waals surface area contributed by atoms with Crippen molar-refractivity contribution in [1.82, 2.24) is 9.29 Å². The van der Waals surface area contributed by atoms with E-state index in [0.717, 1.165) is 5.52 Å². The van der Waals surface area contributed by atoms with Crippen LogP contribution < -0.4 is 14.8 Å². The minimum atomic E-state index is -4.13. The molecule has 0 fully saturated rings. The van der Waals surface area contributed by atoms with E-state index in [0.29, 0.717) is 27.5 Å². The Morgan fingerprint density at radius 2 is 1.70 bits per heavy atom. The normalized spacial score (nSPS) is 11.8. The van der Waals surface area contributed by atoms with Crippen LogP contribution >= 0.6 is 11.6 Å². The number of methoxy groups -OCH3 is 1. The van der Waals surface area contributed by atoms with E-state index < -0.39 is 27.6 Å². The molecule has 0 aliphatic carbocycles. The highest BCUT2D eigenvalue weighted by Crippen LogP contribution is 2.34. The summed E-state index contributed by atoms with van der Waals surface area (Å²) in [6.45, 7) is 4.87. The average molecular weight is 494 g/mol. The number of aromatic nitrogens is 1. The lowest BCUT2D eigenvalue weighted by atomic mass is 10.2. The van der Waals surface area contributed by atoms with Crippen molar-refractivity contribution in [2.24, 2.45) is 7.05 Å². The monoisotopic (exact) mass is 493 g/mol. The van der Waals surface area contributed by atoms with Crippen LogP contribution in [-0.2, 0) is 21.8 Å². The lowest BCUT2D eigenvalue weighted by molar-refractivity contribution is 0.0570. The van der Waals surface area contributed by atoms with Gasteiger partial charge in [0.1, 0.15) is 17.0 Å². The van der Waals surface area contributed by atoms with Crippen LogP contribution in [0.15, 0.2) is 47.4 Å². The van der Waals surface area contributed by atoms with Crippen molar-refractivity contribution in [3.63, 3.8) is 0 Å². The molecule has 0 aliphatic heterocycles. The Balaban J connectivity index is 1.77. The number of carbonyl (C=O) groups is 2. The van der Waals surface area contributed by atoms with Crippen LogP contribution in [-0.4, -0.2) is 37.7 Å². The predicted octanol–water partition coefficient (Wildman–Crippen LogP) is 4.31. The van der Waals surface area contributed by atoms with Gasteiger partial charge in [0.25, 0.3) is 15.9 Å². The van der Waals surface area contributed by atoms with E-state index in [1.165, 1.54) is 31.4 Å². The number of hydrogen-bond acceptors (Lipinski definition) is 6. The third-order valence-electron chi connectivity index (χ3n) is 4.62. The number of hydrogen-bond donors (Lipinski definition) is 2. The Morgan fingerprint density at radius 3 is 2.27 bits per heavy atom. The van der Waals surface area contributed by atoms with Gasteiger partial charge in [-0.1, -0.05) is 11.6 Å². The predicted molar refractivity (Wildman–Crippen MR) is 125 cm³/mol. The van der Waals surface area contributed by atoms with Gasteiger partial charge in [-0.15, -0.1) is 0 Å². The molecular formula is C22H24ClN3O6S. The number of anilines is 1. The second-order valence-electron chi connectivity index (χ2n) is 8.19. The maximum Gasteiger partial charge on any atom is 0.421 e.